The highest BCUT2D eigenvalue weighted by Gasteiger charge is 2.40. The van der Waals surface area contributed by atoms with E-state index in [4.69, 9.17) is 13.9 Å². The average Bonchev–Trinajstić information content (AvgIpc) is 3.61. The van der Waals surface area contributed by atoms with Crippen molar-refractivity contribution < 1.29 is 38.0 Å². The Morgan fingerprint density at radius 2 is 1.91 bits per heavy atom. The van der Waals surface area contributed by atoms with Crippen LogP contribution in [0, 0.1) is 21.4 Å². The lowest BCUT2D eigenvalue weighted by Gasteiger charge is -2.13. The van der Waals surface area contributed by atoms with Gasteiger partial charge in [0.1, 0.15) is 23.0 Å². The fourth-order valence-electron chi connectivity index (χ4n) is 4.41. The van der Waals surface area contributed by atoms with E-state index in [0.29, 0.717) is 30.6 Å². The number of imide groups is 1. The molecule has 0 spiro atoms. The van der Waals surface area contributed by atoms with E-state index in [2.05, 4.69) is 5.32 Å². The van der Waals surface area contributed by atoms with Crippen LogP contribution >= 0.6 is 0 Å². The molecule has 1 aliphatic rings. The topological polar surface area (TPSA) is 182 Å². The highest BCUT2D eigenvalue weighted by molar-refractivity contribution is 6.23. The first-order chi connectivity index (χ1) is 20.7. The number of nitrogens with zero attached hydrogens (tertiary/aromatic N) is 3. The smallest absolute Gasteiger partial charge is 0.311 e. The van der Waals surface area contributed by atoms with Crippen LogP contribution < -0.4 is 14.8 Å². The number of nitrogens with one attached hydrogen (secondary N) is 1. The summed E-state index contributed by atoms with van der Waals surface area (Å²) in [5.74, 6) is -1.49. The van der Waals surface area contributed by atoms with Crippen molar-refractivity contribution in [3.63, 3.8) is 0 Å². The van der Waals surface area contributed by atoms with Gasteiger partial charge in [-0.2, -0.15) is 5.26 Å². The summed E-state index contributed by atoms with van der Waals surface area (Å²) in [6.07, 6.45) is 4.19. The molecule has 0 fully saturated rings. The molecule has 0 atom stereocenters. The van der Waals surface area contributed by atoms with Crippen molar-refractivity contribution in [1.29, 1.82) is 5.26 Å². The number of hydrogen-bond donors (Lipinski definition) is 1. The lowest BCUT2D eigenvalue weighted by atomic mass is 10.1. The fraction of sp³-hybridized carbons (Fsp3) is 0.233. The number of carbonyl (C=O) groups excluding carboxylic acids is 4. The van der Waals surface area contributed by atoms with Crippen molar-refractivity contribution >= 4 is 35.5 Å². The predicted octanol–water partition coefficient (Wildman–Crippen LogP) is 4.18. The maximum Gasteiger partial charge on any atom is 0.311 e. The summed E-state index contributed by atoms with van der Waals surface area (Å²) in [5, 5.41) is 23.3. The zero-order valence-corrected chi connectivity index (χ0v) is 23.0. The summed E-state index contributed by atoms with van der Waals surface area (Å²) < 4.78 is 15.9. The van der Waals surface area contributed by atoms with E-state index in [9.17, 15) is 34.6 Å². The van der Waals surface area contributed by atoms with Gasteiger partial charge in [-0.05, 0) is 54.8 Å². The second-order valence-corrected chi connectivity index (χ2v) is 9.35. The highest BCUT2D eigenvalue weighted by atomic mass is 16.6. The number of furan rings is 1. The number of amides is 3. The Hall–Kier alpha value is -5.77. The molecule has 3 amide bonds. The number of rotatable bonds is 13. The van der Waals surface area contributed by atoms with Gasteiger partial charge >= 0.3 is 5.97 Å². The zero-order valence-electron chi connectivity index (χ0n) is 23.0. The molecular formula is C30H26N4O9. The van der Waals surface area contributed by atoms with E-state index in [0.717, 1.165) is 4.90 Å². The molecule has 2 aromatic carbocycles. The molecule has 0 saturated carbocycles. The highest BCUT2D eigenvalue weighted by Crippen LogP contribution is 2.31. The van der Waals surface area contributed by atoms with Gasteiger partial charge in [0.15, 0.2) is 11.5 Å². The first-order valence-electron chi connectivity index (χ1n) is 13.2. The first kappa shape index (κ1) is 30.2. The van der Waals surface area contributed by atoms with E-state index >= 15 is 0 Å². The van der Waals surface area contributed by atoms with Crippen molar-refractivity contribution in [3.8, 4) is 17.6 Å². The van der Waals surface area contributed by atoms with Crippen LogP contribution in [-0.4, -0.2) is 47.2 Å². The Morgan fingerprint density at radius 1 is 1.09 bits per heavy atom. The standard InChI is InChI=1S/C30H26N4O9/c1-41-25-16-19(15-20(17-31)28(36)32-18-21-7-6-14-42-21)11-12-24(25)43-26(35)10-3-2-4-13-33-29(37)22-8-5-9-23(34(39)40)27(22)30(33)38/h5-9,11-12,14-16H,2-4,10,13,18H2,1H3,(H,32,36)/b20-15+. The van der Waals surface area contributed by atoms with E-state index < -0.39 is 34.3 Å². The van der Waals surface area contributed by atoms with Crippen molar-refractivity contribution in [2.45, 2.75) is 32.2 Å². The summed E-state index contributed by atoms with van der Waals surface area (Å²) in [6, 6.07) is 13.7. The molecule has 3 aromatic rings. The minimum atomic E-state index is -0.700. The van der Waals surface area contributed by atoms with Crippen LogP contribution in [0.15, 0.2) is 64.8 Å². The maximum atomic E-state index is 12.6. The van der Waals surface area contributed by atoms with Gasteiger partial charge in [0.05, 0.1) is 30.4 Å². The largest absolute Gasteiger partial charge is 0.493 e. The number of fused-ring (bicyclic) bond motifs is 1. The number of nitro benzene ring substituents is 1. The predicted molar refractivity (Wildman–Crippen MR) is 150 cm³/mol. The molecule has 0 unspecified atom stereocenters. The number of ether oxygens (including phenoxy) is 2. The maximum absolute atomic E-state index is 12.6. The number of unbranched alkanes of at least 4 members (excludes halogenated alkanes) is 2. The van der Waals surface area contributed by atoms with E-state index in [-0.39, 0.29) is 47.7 Å². The quantitative estimate of drug-likeness (QED) is 0.0446. The number of nitro groups is 1. The molecule has 220 valence electrons. The van der Waals surface area contributed by atoms with Crippen molar-refractivity contribution in [3.05, 3.63) is 92.9 Å². The third-order valence-electron chi connectivity index (χ3n) is 6.53. The molecule has 0 aliphatic carbocycles. The minimum absolute atomic E-state index is 0.00964. The first-order valence-corrected chi connectivity index (χ1v) is 13.2. The van der Waals surface area contributed by atoms with Gasteiger partial charge in [0.2, 0.25) is 0 Å². The molecule has 0 saturated heterocycles. The van der Waals surface area contributed by atoms with E-state index in [1.807, 2.05) is 6.07 Å². The van der Waals surface area contributed by atoms with Gasteiger partial charge in [-0.15, -0.1) is 0 Å². The second kappa shape index (κ2) is 13.7. The molecule has 13 nitrogen and oxygen atoms in total. The molecule has 1 aliphatic heterocycles. The molecule has 1 aromatic heterocycles. The molecule has 0 bridgehead atoms. The SMILES string of the molecule is COc1cc(/C=C(\C#N)C(=O)NCc2ccco2)ccc1OC(=O)CCCCCN1C(=O)c2cccc([N+](=O)[O-])c2C1=O. The monoisotopic (exact) mass is 586 g/mol. The summed E-state index contributed by atoms with van der Waals surface area (Å²) in [6.45, 7) is 0.184. The molecule has 0 radical (unpaired) electrons. The van der Waals surface area contributed by atoms with Crippen molar-refractivity contribution in [2.75, 3.05) is 13.7 Å². The third kappa shape index (κ3) is 7.12. The molecular weight excluding hydrogens is 560 g/mol. The number of nitriles is 1. The van der Waals surface area contributed by atoms with Gasteiger partial charge in [0.25, 0.3) is 23.4 Å². The number of methoxy groups -OCH3 is 1. The molecule has 4 rings (SSSR count). The molecule has 1 N–H and O–H groups in total. The lowest BCUT2D eigenvalue weighted by Crippen LogP contribution is -2.30. The van der Waals surface area contributed by atoms with Crippen molar-refractivity contribution in [2.24, 2.45) is 0 Å². The molecule has 2 heterocycles. The van der Waals surface area contributed by atoms with Crippen LogP contribution in [0.3, 0.4) is 0 Å². The number of carbonyl (C=O) groups is 4. The van der Waals surface area contributed by atoms with Crippen molar-refractivity contribution in [1.82, 2.24) is 10.2 Å². The van der Waals surface area contributed by atoms with Crippen LogP contribution in [0.5, 0.6) is 11.5 Å². The minimum Gasteiger partial charge on any atom is -0.493 e. The summed E-state index contributed by atoms with van der Waals surface area (Å²) in [5.41, 5.74) is -0.264. The number of esters is 1. The lowest BCUT2D eigenvalue weighted by molar-refractivity contribution is -0.385. The Morgan fingerprint density at radius 3 is 2.60 bits per heavy atom. The van der Waals surface area contributed by atoms with Crippen LogP contribution in [0.2, 0.25) is 0 Å². The Kier molecular flexibility index (Phi) is 9.64. The zero-order chi connectivity index (χ0) is 30.9. The molecule has 43 heavy (non-hydrogen) atoms. The Bertz CT molecular complexity index is 1640. The summed E-state index contributed by atoms with van der Waals surface area (Å²) in [7, 11) is 1.38. The van der Waals surface area contributed by atoms with Crippen LogP contribution in [0.25, 0.3) is 6.08 Å². The van der Waals surface area contributed by atoms with Gasteiger partial charge in [-0.1, -0.05) is 18.6 Å². The normalized spacial score (nSPS) is 12.5. The fourth-order valence-corrected chi connectivity index (χ4v) is 4.41. The average molecular weight is 587 g/mol. The van der Waals surface area contributed by atoms with Crippen LogP contribution in [-0.2, 0) is 16.1 Å². The summed E-state index contributed by atoms with van der Waals surface area (Å²) in [4.78, 5) is 61.6. The van der Waals surface area contributed by atoms with E-state index in [1.54, 1.807) is 18.2 Å². The van der Waals surface area contributed by atoms with Gasteiger partial charge in [-0.3, -0.25) is 34.2 Å². The van der Waals surface area contributed by atoms with Crippen LogP contribution in [0.1, 0.15) is 57.7 Å². The van der Waals surface area contributed by atoms with Gasteiger partial charge in [0, 0.05) is 19.0 Å². The Balaban J connectivity index is 1.26. The molecule has 13 heteroatoms. The number of benzene rings is 2. The van der Waals surface area contributed by atoms with Gasteiger partial charge in [-0.25, -0.2) is 0 Å². The second-order valence-electron chi connectivity index (χ2n) is 9.35. The Labute approximate surface area is 245 Å². The van der Waals surface area contributed by atoms with Gasteiger partial charge < -0.3 is 19.2 Å². The third-order valence-corrected chi connectivity index (χ3v) is 6.53. The number of hydrogen-bond acceptors (Lipinski definition) is 10. The van der Waals surface area contributed by atoms with Crippen LogP contribution in [0.4, 0.5) is 5.69 Å². The summed E-state index contributed by atoms with van der Waals surface area (Å²) >= 11 is 0. The van der Waals surface area contributed by atoms with E-state index in [1.165, 1.54) is 49.8 Å².